The molecule has 0 amide bonds. The minimum absolute atomic E-state index is 0.554. The zero-order valence-corrected chi connectivity index (χ0v) is 34.4. The van der Waals surface area contributed by atoms with Crippen molar-refractivity contribution in [1.82, 2.24) is 0 Å². The second kappa shape index (κ2) is 13.7. The summed E-state index contributed by atoms with van der Waals surface area (Å²) in [7, 11) is 0. The number of thiophene rings is 1. The molecule has 62 heavy (non-hydrogen) atoms. The van der Waals surface area contributed by atoms with E-state index < -0.39 is 5.41 Å². The molecule has 0 bridgehead atoms. The Morgan fingerprint density at radius 1 is 0.387 bits per heavy atom. The summed E-state index contributed by atoms with van der Waals surface area (Å²) in [6, 6.07) is 82.1. The molecule has 1 spiro atoms. The van der Waals surface area contributed by atoms with E-state index in [2.05, 4.69) is 229 Å². The molecule has 0 saturated heterocycles. The molecule has 11 aromatic rings. The SMILES string of the molecule is c1ccc(-c2ccc(N(c3ccc(-c4ccc5c(c4)C4(c6ccccc6Oc6c4ccc4ccccc64)c4ccccc4-5)cc3)c3cccc4c3sc3ccccc34)cc2)cc1. The fourth-order valence-corrected chi connectivity index (χ4v) is 11.6. The average molecular weight is 808 g/mol. The Morgan fingerprint density at radius 3 is 1.82 bits per heavy atom. The summed E-state index contributed by atoms with van der Waals surface area (Å²) in [6.45, 7) is 0. The van der Waals surface area contributed by atoms with Crippen LogP contribution < -0.4 is 9.64 Å². The molecule has 10 aromatic carbocycles. The molecular formula is C59H37NOS. The molecular weight excluding hydrogens is 771 g/mol. The third-order valence-electron chi connectivity index (χ3n) is 13.1. The lowest BCUT2D eigenvalue weighted by Crippen LogP contribution is -2.32. The van der Waals surface area contributed by atoms with Gasteiger partial charge in [0.25, 0.3) is 0 Å². The van der Waals surface area contributed by atoms with Crippen LogP contribution in [-0.2, 0) is 5.41 Å². The molecule has 2 aliphatic rings. The van der Waals surface area contributed by atoms with Crippen molar-refractivity contribution in [3.8, 4) is 44.9 Å². The largest absolute Gasteiger partial charge is 0.456 e. The summed E-state index contributed by atoms with van der Waals surface area (Å²) in [5.74, 6) is 1.84. The van der Waals surface area contributed by atoms with Crippen molar-refractivity contribution < 1.29 is 4.74 Å². The molecule has 1 aromatic heterocycles. The maximum Gasteiger partial charge on any atom is 0.140 e. The fraction of sp³-hybridized carbons (Fsp3) is 0.0169. The van der Waals surface area contributed by atoms with E-state index in [-0.39, 0.29) is 0 Å². The molecule has 1 aliphatic carbocycles. The van der Waals surface area contributed by atoms with Gasteiger partial charge in [-0.2, -0.15) is 0 Å². The molecule has 290 valence electrons. The van der Waals surface area contributed by atoms with Gasteiger partial charge in [0.1, 0.15) is 11.5 Å². The van der Waals surface area contributed by atoms with Crippen LogP contribution >= 0.6 is 11.3 Å². The van der Waals surface area contributed by atoms with Crippen LogP contribution in [0.4, 0.5) is 17.1 Å². The highest BCUT2D eigenvalue weighted by molar-refractivity contribution is 7.26. The van der Waals surface area contributed by atoms with Gasteiger partial charge in [-0.1, -0.05) is 176 Å². The smallest absolute Gasteiger partial charge is 0.140 e. The normalized spacial score (nSPS) is 14.6. The van der Waals surface area contributed by atoms with E-state index in [1.165, 1.54) is 86.9 Å². The van der Waals surface area contributed by atoms with Crippen LogP contribution in [0.1, 0.15) is 22.3 Å². The first kappa shape index (κ1) is 35.1. The number of fused-ring (bicyclic) bond motifs is 14. The monoisotopic (exact) mass is 807 g/mol. The summed E-state index contributed by atoms with van der Waals surface area (Å²) >= 11 is 1.86. The second-order valence-corrected chi connectivity index (χ2v) is 17.4. The Balaban J connectivity index is 0.972. The number of para-hydroxylation sites is 1. The van der Waals surface area contributed by atoms with Gasteiger partial charge in [-0.15, -0.1) is 11.3 Å². The van der Waals surface area contributed by atoms with Crippen LogP contribution in [-0.4, -0.2) is 0 Å². The fourth-order valence-electron chi connectivity index (χ4n) is 10.4. The second-order valence-electron chi connectivity index (χ2n) is 16.4. The van der Waals surface area contributed by atoms with Gasteiger partial charge in [-0.3, -0.25) is 0 Å². The van der Waals surface area contributed by atoms with E-state index in [4.69, 9.17) is 4.74 Å². The molecule has 3 heteroatoms. The van der Waals surface area contributed by atoms with E-state index in [1.54, 1.807) is 0 Å². The molecule has 0 fully saturated rings. The lowest BCUT2D eigenvalue weighted by atomic mass is 9.65. The lowest BCUT2D eigenvalue weighted by molar-refractivity contribution is 0.442. The van der Waals surface area contributed by atoms with Gasteiger partial charge in [0.15, 0.2) is 0 Å². The van der Waals surface area contributed by atoms with Crippen molar-refractivity contribution in [3.63, 3.8) is 0 Å². The van der Waals surface area contributed by atoms with Crippen LogP contribution in [0.25, 0.3) is 64.3 Å². The Labute approximate surface area is 364 Å². The van der Waals surface area contributed by atoms with Crippen molar-refractivity contribution >= 4 is 59.3 Å². The molecule has 0 N–H and O–H groups in total. The van der Waals surface area contributed by atoms with Crippen LogP contribution in [0.3, 0.4) is 0 Å². The Morgan fingerprint density at radius 2 is 1.00 bits per heavy atom. The number of ether oxygens (including phenoxy) is 1. The quantitative estimate of drug-likeness (QED) is 0.172. The highest BCUT2D eigenvalue weighted by Crippen LogP contribution is 2.63. The topological polar surface area (TPSA) is 12.5 Å². The first-order valence-electron chi connectivity index (χ1n) is 21.2. The van der Waals surface area contributed by atoms with Crippen molar-refractivity contribution in [2.75, 3.05) is 4.90 Å². The van der Waals surface area contributed by atoms with Crippen LogP contribution in [0, 0.1) is 0 Å². The van der Waals surface area contributed by atoms with Gasteiger partial charge < -0.3 is 9.64 Å². The number of hydrogen-bond donors (Lipinski definition) is 0. The Bertz CT molecular complexity index is 3550. The van der Waals surface area contributed by atoms with Gasteiger partial charge in [-0.25, -0.2) is 0 Å². The summed E-state index contributed by atoms with van der Waals surface area (Å²) < 4.78 is 9.47. The summed E-state index contributed by atoms with van der Waals surface area (Å²) in [5, 5.41) is 4.87. The van der Waals surface area contributed by atoms with Crippen LogP contribution in [0.5, 0.6) is 11.5 Å². The Kier molecular flexibility index (Phi) is 7.72. The molecule has 0 saturated carbocycles. The molecule has 1 aliphatic heterocycles. The van der Waals surface area contributed by atoms with E-state index in [0.29, 0.717) is 0 Å². The predicted molar refractivity (Wildman–Crippen MR) is 260 cm³/mol. The van der Waals surface area contributed by atoms with Gasteiger partial charge in [0.2, 0.25) is 0 Å². The molecule has 0 radical (unpaired) electrons. The van der Waals surface area contributed by atoms with Crippen LogP contribution in [0.15, 0.2) is 224 Å². The molecule has 1 unspecified atom stereocenters. The summed E-state index contributed by atoms with van der Waals surface area (Å²) in [5.41, 5.74) is 15.0. The van der Waals surface area contributed by atoms with E-state index in [0.717, 1.165) is 28.3 Å². The maximum atomic E-state index is 6.90. The van der Waals surface area contributed by atoms with Gasteiger partial charge in [-0.05, 0) is 98.4 Å². The van der Waals surface area contributed by atoms with Gasteiger partial charge in [0.05, 0.1) is 15.8 Å². The van der Waals surface area contributed by atoms with Crippen molar-refractivity contribution in [2.45, 2.75) is 5.41 Å². The Hall–Kier alpha value is -7.72. The van der Waals surface area contributed by atoms with Crippen molar-refractivity contribution in [1.29, 1.82) is 0 Å². The summed E-state index contributed by atoms with van der Waals surface area (Å²) in [4.78, 5) is 2.42. The van der Waals surface area contributed by atoms with Crippen molar-refractivity contribution in [2.24, 2.45) is 0 Å². The van der Waals surface area contributed by atoms with Crippen molar-refractivity contribution in [3.05, 3.63) is 247 Å². The number of nitrogens with zero attached hydrogens (tertiary/aromatic N) is 1. The zero-order valence-electron chi connectivity index (χ0n) is 33.6. The van der Waals surface area contributed by atoms with Crippen LogP contribution in [0.2, 0.25) is 0 Å². The van der Waals surface area contributed by atoms with E-state index in [1.807, 2.05) is 11.3 Å². The number of benzene rings is 10. The maximum absolute atomic E-state index is 6.90. The molecule has 13 rings (SSSR count). The molecule has 2 heterocycles. The lowest BCUT2D eigenvalue weighted by Gasteiger charge is -2.40. The zero-order chi connectivity index (χ0) is 40.8. The van der Waals surface area contributed by atoms with E-state index >= 15 is 0 Å². The van der Waals surface area contributed by atoms with Gasteiger partial charge in [0, 0.05) is 43.4 Å². The minimum Gasteiger partial charge on any atom is -0.456 e. The third-order valence-corrected chi connectivity index (χ3v) is 14.4. The standard InChI is InChI=1S/C59H37NOS/c1-2-13-38(14-3-1)39-25-31-43(32-26-39)60(54-22-12-19-49-48-18-7-11-24-56(48)62-58(49)54)44-33-27-40(28-34-44)42-29-35-47-46-17-6-8-20-50(46)59(53(47)37-42)51-21-9-10-23-55(51)61-57-45-16-5-4-15-41(45)30-36-52(57)59/h1-37H. The molecule has 2 nitrogen and oxygen atoms in total. The summed E-state index contributed by atoms with van der Waals surface area (Å²) in [6.07, 6.45) is 0. The van der Waals surface area contributed by atoms with Gasteiger partial charge >= 0.3 is 0 Å². The number of hydrogen-bond acceptors (Lipinski definition) is 3. The minimum atomic E-state index is -0.554. The first-order valence-corrected chi connectivity index (χ1v) is 22.1. The highest BCUT2D eigenvalue weighted by atomic mass is 32.1. The number of anilines is 3. The van der Waals surface area contributed by atoms with E-state index in [9.17, 15) is 0 Å². The molecule has 1 atom stereocenters. The predicted octanol–water partition coefficient (Wildman–Crippen LogP) is 16.5. The highest BCUT2D eigenvalue weighted by Gasteiger charge is 2.51. The number of rotatable bonds is 5. The average Bonchev–Trinajstić information content (AvgIpc) is 3.87. The first-order chi connectivity index (χ1) is 30.7. The third kappa shape index (κ3) is 5.09.